The summed E-state index contributed by atoms with van der Waals surface area (Å²) in [5.41, 5.74) is -0.852. The average molecular weight is 155 g/mol. The molecule has 0 aliphatic rings. The van der Waals surface area contributed by atoms with Crippen molar-refractivity contribution in [3.05, 3.63) is 30.1 Å². The molecule has 1 aromatic heterocycles. The van der Waals surface area contributed by atoms with Gasteiger partial charge in [0.2, 0.25) is 0 Å². The first-order chi connectivity index (χ1) is 4.61. The fourth-order valence-electron chi connectivity index (χ4n) is 0.530. The zero-order valence-electron chi connectivity index (χ0n) is 6.89. The predicted molar refractivity (Wildman–Crippen MR) is 30.4 cm³/mol. The van der Waals surface area contributed by atoms with E-state index in [1.54, 1.807) is 0 Å². The minimum absolute atomic E-state index is 0. The van der Waals surface area contributed by atoms with Gasteiger partial charge in [-0.1, -0.05) is 6.07 Å². The molecule has 5 heteroatoms. The molecule has 0 unspecified atom stereocenters. The molecule has 11 heavy (non-hydrogen) atoms. The van der Waals surface area contributed by atoms with Gasteiger partial charge >= 0.3 is 25.0 Å². The molecule has 0 bridgehead atoms. The third kappa shape index (κ3) is 2.96. The monoisotopic (exact) mass is 155 g/mol. The van der Waals surface area contributed by atoms with Crippen LogP contribution in [0.1, 0.15) is 7.12 Å². The van der Waals surface area contributed by atoms with E-state index >= 15 is 0 Å². The Bertz CT molecular complexity index is 214. The summed E-state index contributed by atoms with van der Waals surface area (Å²) in [4.78, 5) is 3.12. The Kier molecular flexibility index (Phi) is 3.63. The number of pyridine rings is 1. The number of halogens is 3. The SMILES string of the molecule is FC(F)(F)c1ccccn1.[H-].[Li+]. The third-order valence-corrected chi connectivity index (χ3v) is 0.955. The summed E-state index contributed by atoms with van der Waals surface area (Å²) in [5, 5.41) is 0. The quantitative estimate of drug-likeness (QED) is 0.448. The van der Waals surface area contributed by atoms with Crippen LogP contribution < -0.4 is 18.9 Å². The van der Waals surface area contributed by atoms with Crippen LogP contribution in [0, 0.1) is 0 Å². The van der Waals surface area contributed by atoms with Crippen LogP contribution in [0.5, 0.6) is 0 Å². The van der Waals surface area contributed by atoms with Gasteiger partial charge in [0.25, 0.3) is 0 Å². The maximum Gasteiger partial charge on any atom is 1.00 e. The maximum absolute atomic E-state index is 11.7. The summed E-state index contributed by atoms with van der Waals surface area (Å²) in [6.07, 6.45) is -3.20. The molecule has 0 N–H and O–H groups in total. The summed E-state index contributed by atoms with van der Waals surface area (Å²) in [7, 11) is 0. The van der Waals surface area contributed by atoms with Crippen LogP contribution in [-0.4, -0.2) is 4.98 Å². The second-order valence-electron chi connectivity index (χ2n) is 1.71. The van der Waals surface area contributed by atoms with Crippen molar-refractivity contribution in [3.63, 3.8) is 0 Å². The summed E-state index contributed by atoms with van der Waals surface area (Å²) >= 11 is 0. The van der Waals surface area contributed by atoms with E-state index in [1.165, 1.54) is 12.1 Å². The van der Waals surface area contributed by atoms with Crippen molar-refractivity contribution in [2.45, 2.75) is 6.18 Å². The molecule has 0 radical (unpaired) electrons. The second-order valence-corrected chi connectivity index (χ2v) is 1.71. The molecule has 1 nitrogen and oxygen atoms in total. The Morgan fingerprint density at radius 3 is 2.18 bits per heavy atom. The van der Waals surface area contributed by atoms with Gasteiger partial charge in [-0.25, -0.2) is 0 Å². The number of hydrogen-bond acceptors (Lipinski definition) is 1. The zero-order valence-corrected chi connectivity index (χ0v) is 5.89. The Hall–Kier alpha value is -0.463. The molecule has 0 spiro atoms. The van der Waals surface area contributed by atoms with Crippen LogP contribution in [0.3, 0.4) is 0 Å². The molecule has 0 aliphatic carbocycles. The van der Waals surface area contributed by atoms with Crippen molar-refractivity contribution in [1.29, 1.82) is 0 Å². The van der Waals surface area contributed by atoms with Crippen LogP contribution in [0.25, 0.3) is 0 Å². The fraction of sp³-hybridized carbons (Fsp3) is 0.167. The third-order valence-electron chi connectivity index (χ3n) is 0.955. The molecular weight excluding hydrogens is 150 g/mol. The van der Waals surface area contributed by atoms with Crippen molar-refractivity contribution in [2.24, 2.45) is 0 Å². The largest absolute Gasteiger partial charge is 1.00 e. The van der Waals surface area contributed by atoms with E-state index in [0.29, 0.717) is 0 Å². The van der Waals surface area contributed by atoms with Crippen LogP contribution in [0.15, 0.2) is 24.4 Å². The average Bonchev–Trinajstić information content (AvgIpc) is 1.88. The van der Waals surface area contributed by atoms with Gasteiger partial charge in [0.05, 0.1) is 0 Å². The van der Waals surface area contributed by atoms with E-state index in [2.05, 4.69) is 4.98 Å². The molecular formula is C6H5F3LiN. The molecule has 0 aromatic carbocycles. The molecule has 0 saturated heterocycles. The second kappa shape index (κ2) is 3.79. The summed E-state index contributed by atoms with van der Waals surface area (Å²) in [6.45, 7) is 0. The Morgan fingerprint density at radius 1 is 1.27 bits per heavy atom. The van der Waals surface area contributed by atoms with Gasteiger partial charge in [0, 0.05) is 6.20 Å². The van der Waals surface area contributed by atoms with E-state index in [1.807, 2.05) is 0 Å². The van der Waals surface area contributed by atoms with E-state index < -0.39 is 11.9 Å². The van der Waals surface area contributed by atoms with E-state index in [4.69, 9.17) is 0 Å². The summed E-state index contributed by atoms with van der Waals surface area (Å²) in [6, 6.07) is 3.67. The fourth-order valence-corrected chi connectivity index (χ4v) is 0.530. The number of aromatic nitrogens is 1. The minimum Gasteiger partial charge on any atom is -1.00 e. The molecule has 0 aliphatic heterocycles. The molecule has 1 heterocycles. The molecule has 0 amide bonds. The van der Waals surface area contributed by atoms with Crippen molar-refractivity contribution in [3.8, 4) is 0 Å². The van der Waals surface area contributed by atoms with Crippen LogP contribution in [-0.2, 0) is 6.18 Å². The van der Waals surface area contributed by atoms with E-state index in [0.717, 1.165) is 12.3 Å². The molecule has 0 fully saturated rings. The van der Waals surface area contributed by atoms with Gasteiger partial charge in [-0.15, -0.1) is 0 Å². The van der Waals surface area contributed by atoms with Crippen molar-refractivity contribution in [1.82, 2.24) is 4.98 Å². The van der Waals surface area contributed by atoms with Crippen LogP contribution in [0.2, 0.25) is 0 Å². The maximum atomic E-state index is 11.7. The molecule has 0 atom stereocenters. The van der Waals surface area contributed by atoms with E-state index in [-0.39, 0.29) is 20.3 Å². The van der Waals surface area contributed by atoms with E-state index in [9.17, 15) is 13.2 Å². The van der Waals surface area contributed by atoms with Crippen LogP contribution in [0.4, 0.5) is 13.2 Å². The zero-order chi connectivity index (χ0) is 7.61. The topological polar surface area (TPSA) is 12.9 Å². The Balaban J connectivity index is 0. The summed E-state index contributed by atoms with van der Waals surface area (Å²) < 4.78 is 35.2. The standard InChI is InChI=1S/C6H4F3N.Li.H/c7-6(8,9)5-3-1-2-4-10-5;;/h1-4H;;/q;+1;-1. The Morgan fingerprint density at radius 2 is 1.91 bits per heavy atom. The van der Waals surface area contributed by atoms with Gasteiger partial charge in [-0.2, -0.15) is 13.2 Å². The number of hydrogen-bond donors (Lipinski definition) is 0. The molecule has 1 rings (SSSR count). The first-order valence-corrected chi connectivity index (χ1v) is 2.59. The summed E-state index contributed by atoms with van der Waals surface area (Å²) in [5.74, 6) is 0. The molecule has 0 saturated carbocycles. The van der Waals surface area contributed by atoms with Gasteiger partial charge in [-0.05, 0) is 12.1 Å². The minimum atomic E-state index is -4.32. The first kappa shape index (κ1) is 10.5. The molecule has 1 aromatic rings. The van der Waals surface area contributed by atoms with Gasteiger partial charge in [-0.3, -0.25) is 4.98 Å². The van der Waals surface area contributed by atoms with Crippen molar-refractivity contribution in [2.75, 3.05) is 0 Å². The number of nitrogens with zero attached hydrogens (tertiary/aromatic N) is 1. The van der Waals surface area contributed by atoms with Crippen molar-refractivity contribution >= 4 is 0 Å². The van der Waals surface area contributed by atoms with Gasteiger partial charge in [0.15, 0.2) is 0 Å². The molecule has 56 valence electrons. The Labute approximate surface area is 75.3 Å². The normalized spacial score (nSPS) is 10.5. The number of alkyl halides is 3. The smallest absolute Gasteiger partial charge is 1.00 e. The predicted octanol–water partition coefficient (Wildman–Crippen LogP) is -0.783. The van der Waals surface area contributed by atoms with Crippen LogP contribution >= 0.6 is 0 Å². The first-order valence-electron chi connectivity index (χ1n) is 2.59. The van der Waals surface area contributed by atoms with Gasteiger partial charge in [0.1, 0.15) is 5.69 Å². The number of rotatable bonds is 0. The van der Waals surface area contributed by atoms with Crippen molar-refractivity contribution < 1.29 is 33.5 Å². The van der Waals surface area contributed by atoms with Gasteiger partial charge < -0.3 is 1.43 Å².